The van der Waals surface area contributed by atoms with Gasteiger partial charge >= 0.3 is 0 Å². The standard InChI is InChI=1S/C20H23N3O2/c1-2-4-16-6-8-17(9-7-16)19(24)22-11-13-23(14-12-22)20(25)18-5-3-10-21-15-18/h3,5-10,15H,2,4,11-14H2,1H3. The fraction of sp³-hybridized carbons (Fsp3) is 0.350. The lowest BCUT2D eigenvalue weighted by Gasteiger charge is -2.34. The van der Waals surface area contributed by atoms with Crippen molar-refractivity contribution in [1.29, 1.82) is 0 Å². The fourth-order valence-corrected chi connectivity index (χ4v) is 3.07. The van der Waals surface area contributed by atoms with Crippen molar-refractivity contribution < 1.29 is 9.59 Å². The SMILES string of the molecule is CCCc1ccc(C(=O)N2CCN(C(=O)c3cccnc3)CC2)cc1. The van der Waals surface area contributed by atoms with Crippen molar-refractivity contribution in [2.75, 3.05) is 26.2 Å². The molecule has 5 nitrogen and oxygen atoms in total. The highest BCUT2D eigenvalue weighted by Crippen LogP contribution is 2.13. The molecule has 1 aliphatic rings. The summed E-state index contributed by atoms with van der Waals surface area (Å²) < 4.78 is 0. The van der Waals surface area contributed by atoms with E-state index < -0.39 is 0 Å². The van der Waals surface area contributed by atoms with Crippen LogP contribution in [0.2, 0.25) is 0 Å². The molecule has 1 aromatic carbocycles. The Bertz CT molecular complexity index is 720. The van der Waals surface area contributed by atoms with Gasteiger partial charge in [-0.2, -0.15) is 0 Å². The van der Waals surface area contributed by atoms with Crippen molar-refractivity contribution in [1.82, 2.24) is 14.8 Å². The Kier molecular flexibility index (Phi) is 5.43. The second-order valence-electron chi connectivity index (χ2n) is 6.27. The third kappa shape index (κ3) is 4.05. The molecule has 2 amide bonds. The summed E-state index contributed by atoms with van der Waals surface area (Å²) in [5, 5.41) is 0. The number of carbonyl (C=O) groups excluding carboxylic acids is 2. The Hall–Kier alpha value is -2.69. The van der Waals surface area contributed by atoms with E-state index in [1.54, 1.807) is 29.4 Å². The first-order valence-electron chi connectivity index (χ1n) is 8.76. The number of hydrogen-bond acceptors (Lipinski definition) is 3. The van der Waals surface area contributed by atoms with Gasteiger partial charge in [-0.15, -0.1) is 0 Å². The molecule has 0 unspecified atom stereocenters. The summed E-state index contributed by atoms with van der Waals surface area (Å²) >= 11 is 0. The Morgan fingerprint density at radius 3 is 2.04 bits per heavy atom. The fourth-order valence-electron chi connectivity index (χ4n) is 3.07. The quantitative estimate of drug-likeness (QED) is 0.862. The molecule has 2 heterocycles. The summed E-state index contributed by atoms with van der Waals surface area (Å²) in [4.78, 5) is 32.7. The minimum absolute atomic E-state index is 0.0240. The topological polar surface area (TPSA) is 53.5 Å². The van der Waals surface area contributed by atoms with Gasteiger partial charge in [-0.05, 0) is 36.2 Å². The number of piperazine rings is 1. The van der Waals surface area contributed by atoms with Crippen LogP contribution in [0.25, 0.3) is 0 Å². The number of aromatic nitrogens is 1. The van der Waals surface area contributed by atoms with Crippen LogP contribution >= 0.6 is 0 Å². The van der Waals surface area contributed by atoms with Gasteiger partial charge in [0.25, 0.3) is 11.8 Å². The number of pyridine rings is 1. The van der Waals surface area contributed by atoms with Gasteiger partial charge in [0, 0.05) is 44.1 Å². The zero-order valence-corrected chi connectivity index (χ0v) is 14.5. The van der Waals surface area contributed by atoms with Gasteiger partial charge in [0.2, 0.25) is 0 Å². The van der Waals surface area contributed by atoms with E-state index in [0.29, 0.717) is 37.3 Å². The largest absolute Gasteiger partial charge is 0.335 e. The number of amides is 2. The Balaban J connectivity index is 1.58. The minimum atomic E-state index is -0.0240. The molecule has 25 heavy (non-hydrogen) atoms. The minimum Gasteiger partial charge on any atom is -0.335 e. The second kappa shape index (κ2) is 7.92. The summed E-state index contributed by atoms with van der Waals surface area (Å²) in [6.45, 7) is 4.36. The third-order valence-electron chi connectivity index (χ3n) is 4.50. The first-order valence-corrected chi connectivity index (χ1v) is 8.76. The van der Waals surface area contributed by atoms with Crippen LogP contribution in [0.5, 0.6) is 0 Å². The smallest absolute Gasteiger partial charge is 0.255 e. The average Bonchev–Trinajstić information content (AvgIpc) is 2.68. The second-order valence-corrected chi connectivity index (χ2v) is 6.27. The average molecular weight is 337 g/mol. The maximum Gasteiger partial charge on any atom is 0.255 e. The maximum atomic E-state index is 12.6. The van der Waals surface area contributed by atoms with E-state index in [9.17, 15) is 9.59 Å². The van der Waals surface area contributed by atoms with Gasteiger partial charge in [-0.3, -0.25) is 14.6 Å². The van der Waals surface area contributed by atoms with Gasteiger partial charge in [0.05, 0.1) is 5.56 Å². The number of rotatable bonds is 4. The van der Waals surface area contributed by atoms with Crippen molar-refractivity contribution in [2.45, 2.75) is 19.8 Å². The summed E-state index contributed by atoms with van der Waals surface area (Å²) in [5.41, 5.74) is 2.56. The molecule has 1 aromatic heterocycles. The van der Waals surface area contributed by atoms with Crippen molar-refractivity contribution >= 4 is 11.8 Å². The molecule has 1 fully saturated rings. The van der Waals surface area contributed by atoms with Crippen LogP contribution in [-0.2, 0) is 6.42 Å². The molecule has 0 saturated carbocycles. The van der Waals surface area contributed by atoms with E-state index in [4.69, 9.17) is 0 Å². The highest BCUT2D eigenvalue weighted by atomic mass is 16.2. The van der Waals surface area contributed by atoms with E-state index in [2.05, 4.69) is 11.9 Å². The maximum absolute atomic E-state index is 12.6. The Morgan fingerprint density at radius 1 is 0.920 bits per heavy atom. The van der Waals surface area contributed by atoms with Crippen LogP contribution < -0.4 is 0 Å². The van der Waals surface area contributed by atoms with Crippen molar-refractivity contribution in [3.05, 3.63) is 65.5 Å². The van der Waals surface area contributed by atoms with Crippen LogP contribution in [0.3, 0.4) is 0 Å². The molecular weight excluding hydrogens is 314 g/mol. The molecule has 2 aromatic rings. The number of benzene rings is 1. The van der Waals surface area contributed by atoms with Crippen LogP contribution in [0.15, 0.2) is 48.8 Å². The Labute approximate surface area is 148 Å². The molecule has 0 N–H and O–H groups in total. The van der Waals surface area contributed by atoms with E-state index in [1.165, 1.54) is 5.56 Å². The number of hydrogen-bond donors (Lipinski definition) is 0. The Morgan fingerprint density at radius 2 is 1.52 bits per heavy atom. The van der Waals surface area contributed by atoms with Gasteiger partial charge in [0.15, 0.2) is 0 Å². The highest BCUT2D eigenvalue weighted by molar-refractivity contribution is 5.95. The highest BCUT2D eigenvalue weighted by Gasteiger charge is 2.25. The van der Waals surface area contributed by atoms with Crippen molar-refractivity contribution in [2.24, 2.45) is 0 Å². The lowest BCUT2D eigenvalue weighted by molar-refractivity contribution is 0.0535. The first-order chi connectivity index (χ1) is 12.2. The van der Waals surface area contributed by atoms with Crippen molar-refractivity contribution in [3.8, 4) is 0 Å². The van der Waals surface area contributed by atoms with Crippen molar-refractivity contribution in [3.63, 3.8) is 0 Å². The number of nitrogens with zero attached hydrogens (tertiary/aromatic N) is 3. The monoisotopic (exact) mass is 337 g/mol. The van der Waals surface area contributed by atoms with E-state index in [0.717, 1.165) is 12.8 Å². The predicted octanol–water partition coefficient (Wildman–Crippen LogP) is 2.63. The van der Waals surface area contributed by atoms with Gasteiger partial charge in [-0.25, -0.2) is 0 Å². The molecule has 130 valence electrons. The molecule has 0 aliphatic carbocycles. The first kappa shape index (κ1) is 17.1. The van der Waals surface area contributed by atoms with E-state index >= 15 is 0 Å². The molecule has 1 aliphatic heterocycles. The summed E-state index contributed by atoms with van der Waals surface area (Å²) in [6, 6.07) is 11.4. The molecule has 1 saturated heterocycles. The zero-order valence-electron chi connectivity index (χ0n) is 14.5. The van der Waals surface area contributed by atoms with Gasteiger partial charge in [0.1, 0.15) is 0 Å². The summed E-state index contributed by atoms with van der Waals surface area (Å²) in [5.74, 6) is 0.0145. The molecule has 0 bridgehead atoms. The third-order valence-corrected chi connectivity index (χ3v) is 4.50. The molecular formula is C20H23N3O2. The molecule has 0 atom stereocenters. The van der Waals surface area contributed by atoms with Crippen LogP contribution in [-0.4, -0.2) is 52.8 Å². The van der Waals surface area contributed by atoms with Crippen LogP contribution in [0, 0.1) is 0 Å². The number of aryl methyl sites for hydroxylation is 1. The summed E-state index contributed by atoms with van der Waals surface area (Å²) in [7, 11) is 0. The predicted molar refractivity (Wildman–Crippen MR) is 96.5 cm³/mol. The van der Waals surface area contributed by atoms with Crippen LogP contribution in [0.1, 0.15) is 39.6 Å². The number of carbonyl (C=O) groups is 2. The van der Waals surface area contributed by atoms with Crippen LogP contribution in [0.4, 0.5) is 0 Å². The molecule has 0 radical (unpaired) electrons. The normalized spacial score (nSPS) is 14.4. The molecule has 5 heteroatoms. The lowest BCUT2D eigenvalue weighted by atomic mass is 10.1. The zero-order chi connectivity index (χ0) is 17.6. The van der Waals surface area contributed by atoms with Gasteiger partial charge in [-0.1, -0.05) is 25.5 Å². The summed E-state index contributed by atoms with van der Waals surface area (Å²) in [6.07, 6.45) is 5.36. The van der Waals surface area contributed by atoms with E-state index in [1.807, 2.05) is 29.2 Å². The lowest BCUT2D eigenvalue weighted by Crippen LogP contribution is -2.50. The van der Waals surface area contributed by atoms with E-state index in [-0.39, 0.29) is 11.8 Å². The van der Waals surface area contributed by atoms with Gasteiger partial charge < -0.3 is 9.80 Å². The molecule has 0 spiro atoms. The molecule has 3 rings (SSSR count).